The Morgan fingerprint density at radius 3 is 2.90 bits per heavy atom. The summed E-state index contributed by atoms with van der Waals surface area (Å²) in [6.45, 7) is 7.09. The van der Waals surface area contributed by atoms with Crippen molar-refractivity contribution in [3.8, 4) is 0 Å². The van der Waals surface area contributed by atoms with Gasteiger partial charge < -0.3 is 15.5 Å². The molecule has 0 aliphatic carbocycles. The first-order valence-electron chi connectivity index (χ1n) is 10.1. The van der Waals surface area contributed by atoms with E-state index in [4.69, 9.17) is 11.6 Å². The molecule has 3 heterocycles. The fourth-order valence-corrected chi connectivity index (χ4v) is 4.06. The Labute approximate surface area is 180 Å². The lowest BCUT2D eigenvalue weighted by atomic mass is 10.1. The van der Waals surface area contributed by atoms with Crippen LogP contribution in [-0.4, -0.2) is 40.0 Å². The van der Waals surface area contributed by atoms with Crippen LogP contribution in [0.5, 0.6) is 0 Å². The van der Waals surface area contributed by atoms with Crippen molar-refractivity contribution in [2.75, 3.05) is 23.3 Å². The first kappa shape index (κ1) is 20.3. The highest BCUT2D eigenvalue weighted by Crippen LogP contribution is 2.29. The van der Waals surface area contributed by atoms with E-state index in [1.165, 1.54) is 0 Å². The van der Waals surface area contributed by atoms with Gasteiger partial charge >= 0.3 is 0 Å². The molecule has 0 bridgehead atoms. The zero-order valence-corrected chi connectivity index (χ0v) is 18.1. The molecular formula is C22H25ClN6O. The second-order valence-electron chi connectivity index (χ2n) is 7.73. The summed E-state index contributed by atoms with van der Waals surface area (Å²) < 4.78 is 0. The smallest absolute Gasteiger partial charge is 0.217 e. The second kappa shape index (κ2) is 8.44. The first-order valence-corrected chi connectivity index (χ1v) is 10.5. The number of carbonyl (C=O) groups excluding carboxylic acids is 1. The average molecular weight is 425 g/mol. The van der Waals surface area contributed by atoms with E-state index >= 15 is 0 Å². The predicted octanol–water partition coefficient (Wildman–Crippen LogP) is 3.87. The lowest BCUT2D eigenvalue weighted by Gasteiger charge is -2.20. The Balaban J connectivity index is 1.63. The van der Waals surface area contributed by atoms with Crippen LogP contribution < -0.4 is 15.5 Å². The van der Waals surface area contributed by atoms with Crippen molar-refractivity contribution in [3.63, 3.8) is 0 Å². The molecule has 0 saturated carbocycles. The minimum absolute atomic E-state index is 0.00122. The summed E-state index contributed by atoms with van der Waals surface area (Å²) in [5.41, 5.74) is 1.88. The number of aromatic nitrogens is 3. The molecular weight excluding hydrogens is 400 g/mol. The molecule has 8 heteroatoms. The molecule has 2 aromatic heterocycles. The first-order chi connectivity index (χ1) is 14.4. The molecule has 1 saturated heterocycles. The van der Waals surface area contributed by atoms with E-state index in [0.717, 1.165) is 47.6 Å². The van der Waals surface area contributed by atoms with Crippen molar-refractivity contribution in [2.45, 2.75) is 39.3 Å². The minimum Gasteiger partial charge on any atom is -0.363 e. The van der Waals surface area contributed by atoms with Gasteiger partial charge in [-0.2, -0.15) is 0 Å². The highest BCUT2D eigenvalue weighted by molar-refractivity contribution is 6.30. The third kappa shape index (κ3) is 4.46. The predicted molar refractivity (Wildman–Crippen MR) is 120 cm³/mol. The number of carbonyl (C=O) groups is 1. The molecule has 1 aromatic carbocycles. The topological polar surface area (TPSA) is 83.0 Å². The van der Waals surface area contributed by atoms with Gasteiger partial charge in [-0.1, -0.05) is 23.7 Å². The number of amides is 1. The van der Waals surface area contributed by atoms with Gasteiger partial charge in [-0.05, 0) is 44.0 Å². The van der Waals surface area contributed by atoms with E-state index in [2.05, 4.69) is 37.4 Å². The van der Waals surface area contributed by atoms with E-state index in [9.17, 15) is 4.79 Å². The molecule has 3 aromatic rings. The maximum absolute atomic E-state index is 11.4. The number of hydrogen-bond donors (Lipinski definition) is 2. The SMILES string of the molecule is CC(=O)N[C@@H]1CCN(c2cc3c(N[C@H](C)c4cccc(Cl)c4)nc(C)nc3cn2)C1. The van der Waals surface area contributed by atoms with Crippen LogP contribution in [0.15, 0.2) is 36.5 Å². The number of benzene rings is 1. The van der Waals surface area contributed by atoms with Gasteiger partial charge in [0.15, 0.2) is 0 Å². The number of anilines is 2. The zero-order chi connectivity index (χ0) is 21.3. The van der Waals surface area contributed by atoms with Crippen LogP contribution in [0.1, 0.15) is 37.7 Å². The fourth-order valence-electron chi connectivity index (χ4n) is 3.86. The Morgan fingerprint density at radius 1 is 1.30 bits per heavy atom. The number of pyridine rings is 1. The van der Waals surface area contributed by atoms with E-state index < -0.39 is 0 Å². The van der Waals surface area contributed by atoms with E-state index in [-0.39, 0.29) is 18.0 Å². The molecule has 1 aliphatic heterocycles. The molecule has 4 rings (SSSR count). The summed E-state index contributed by atoms with van der Waals surface area (Å²) >= 11 is 6.16. The third-order valence-corrected chi connectivity index (χ3v) is 5.54. The van der Waals surface area contributed by atoms with Crippen LogP contribution in [-0.2, 0) is 4.79 Å². The number of nitrogens with zero attached hydrogens (tertiary/aromatic N) is 4. The quantitative estimate of drug-likeness (QED) is 0.646. The van der Waals surface area contributed by atoms with Gasteiger partial charge in [0.05, 0.1) is 17.8 Å². The van der Waals surface area contributed by atoms with Crippen molar-refractivity contribution in [2.24, 2.45) is 0 Å². The van der Waals surface area contributed by atoms with E-state index in [1.54, 1.807) is 13.1 Å². The molecule has 1 fully saturated rings. The monoisotopic (exact) mass is 424 g/mol. The number of hydrogen-bond acceptors (Lipinski definition) is 6. The lowest BCUT2D eigenvalue weighted by molar-refractivity contribution is -0.119. The lowest BCUT2D eigenvalue weighted by Crippen LogP contribution is -2.35. The van der Waals surface area contributed by atoms with Gasteiger partial charge in [-0.15, -0.1) is 0 Å². The maximum atomic E-state index is 11.4. The summed E-state index contributed by atoms with van der Waals surface area (Å²) in [5, 5.41) is 8.13. The van der Waals surface area contributed by atoms with Crippen molar-refractivity contribution in [1.29, 1.82) is 0 Å². The average Bonchev–Trinajstić information content (AvgIpc) is 3.15. The Morgan fingerprint density at radius 2 is 2.13 bits per heavy atom. The number of aryl methyl sites for hydroxylation is 1. The zero-order valence-electron chi connectivity index (χ0n) is 17.3. The maximum Gasteiger partial charge on any atom is 0.217 e. The summed E-state index contributed by atoms with van der Waals surface area (Å²) in [6.07, 6.45) is 2.70. The third-order valence-electron chi connectivity index (χ3n) is 5.30. The van der Waals surface area contributed by atoms with Gasteiger partial charge in [0.25, 0.3) is 0 Å². The highest BCUT2D eigenvalue weighted by Gasteiger charge is 2.24. The molecule has 2 atom stereocenters. The molecule has 0 spiro atoms. The number of fused-ring (bicyclic) bond motifs is 1. The molecule has 0 unspecified atom stereocenters. The molecule has 7 nitrogen and oxygen atoms in total. The summed E-state index contributed by atoms with van der Waals surface area (Å²) in [6, 6.07) is 10.00. The fraction of sp³-hybridized carbons (Fsp3) is 0.364. The molecule has 1 aliphatic rings. The molecule has 0 radical (unpaired) electrons. The van der Waals surface area contributed by atoms with Crippen LogP contribution in [0.4, 0.5) is 11.6 Å². The van der Waals surface area contributed by atoms with Gasteiger partial charge in [-0.25, -0.2) is 15.0 Å². The van der Waals surface area contributed by atoms with E-state index in [0.29, 0.717) is 10.8 Å². The Bertz CT molecular complexity index is 1090. The number of rotatable bonds is 5. The molecule has 156 valence electrons. The van der Waals surface area contributed by atoms with Crippen LogP contribution in [0, 0.1) is 6.92 Å². The van der Waals surface area contributed by atoms with Crippen molar-refractivity contribution in [1.82, 2.24) is 20.3 Å². The van der Waals surface area contributed by atoms with Gasteiger partial charge in [0, 0.05) is 36.5 Å². The standard InChI is InChI=1S/C22H25ClN6O/c1-13(16-5-4-6-17(23)9-16)25-22-19-10-21(24-11-20(19)26-14(2)27-22)29-8-7-18(12-29)28-15(3)30/h4-6,9-11,13,18H,7-8,12H2,1-3H3,(H,28,30)(H,25,26,27)/t13-,18-/m1/s1. The molecule has 1 amide bonds. The number of nitrogens with one attached hydrogen (secondary N) is 2. The normalized spacial score (nSPS) is 17.2. The second-order valence-corrected chi connectivity index (χ2v) is 8.17. The van der Waals surface area contributed by atoms with Crippen LogP contribution in [0.2, 0.25) is 5.02 Å². The van der Waals surface area contributed by atoms with Crippen LogP contribution >= 0.6 is 11.6 Å². The minimum atomic E-state index is -0.00122. The van der Waals surface area contributed by atoms with Crippen LogP contribution in [0.25, 0.3) is 10.9 Å². The van der Waals surface area contributed by atoms with Gasteiger partial charge in [0.1, 0.15) is 17.5 Å². The van der Waals surface area contributed by atoms with E-state index in [1.807, 2.05) is 37.3 Å². The Kier molecular flexibility index (Phi) is 5.72. The molecule has 30 heavy (non-hydrogen) atoms. The highest BCUT2D eigenvalue weighted by atomic mass is 35.5. The Hall–Kier alpha value is -2.93. The van der Waals surface area contributed by atoms with Crippen molar-refractivity contribution in [3.05, 3.63) is 52.9 Å². The van der Waals surface area contributed by atoms with Gasteiger partial charge in [0.2, 0.25) is 5.91 Å². The number of halogens is 1. The summed E-state index contributed by atoms with van der Waals surface area (Å²) in [5.74, 6) is 2.32. The largest absolute Gasteiger partial charge is 0.363 e. The molecule has 2 N–H and O–H groups in total. The van der Waals surface area contributed by atoms with Crippen LogP contribution in [0.3, 0.4) is 0 Å². The summed E-state index contributed by atoms with van der Waals surface area (Å²) in [7, 11) is 0. The van der Waals surface area contributed by atoms with Crippen molar-refractivity contribution < 1.29 is 4.79 Å². The van der Waals surface area contributed by atoms with Gasteiger partial charge in [-0.3, -0.25) is 4.79 Å². The summed E-state index contributed by atoms with van der Waals surface area (Å²) in [4.78, 5) is 27.3. The van der Waals surface area contributed by atoms with Crippen molar-refractivity contribution >= 4 is 40.0 Å².